The first-order valence-corrected chi connectivity index (χ1v) is 6.63. The van der Waals surface area contributed by atoms with E-state index in [1.54, 1.807) is 0 Å². The van der Waals surface area contributed by atoms with E-state index in [4.69, 9.17) is 11.2 Å². The molecule has 0 aliphatic rings. The first-order valence-electron chi connectivity index (χ1n) is 4.40. The molecule has 0 saturated heterocycles. The molecular formula is C8H7ClN2O5P+. The highest BCUT2D eigenvalue weighted by atomic mass is 35.7. The maximum Gasteiger partial charge on any atom is 0.462 e. The summed E-state index contributed by atoms with van der Waals surface area (Å²) in [5.41, 5.74) is -2.12. The standard InChI is InChI=1S/C8H7ClN2O5P/c1-5(17(9)16)6-3-2-4-7(10(12)13)8(6)11(14)15/h2-5H,1H3/q+1. The summed E-state index contributed by atoms with van der Waals surface area (Å²) in [5, 5.41) is 21.5. The lowest BCUT2D eigenvalue weighted by atomic mass is 10.1. The predicted octanol–water partition coefficient (Wildman–Crippen LogP) is 3.55. The first kappa shape index (κ1) is 13.5. The van der Waals surface area contributed by atoms with Crippen molar-refractivity contribution in [1.29, 1.82) is 0 Å². The highest BCUT2D eigenvalue weighted by molar-refractivity contribution is 7.74. The molecule has 2 unspecified atom stereocenters. The van der Waals surface area contributed by atoms with Gasteiger partial charge in [0.25, 0.3) is 0 Å². The Hall–Kier alpha value is -1.59. The second-order valence-corrected chi connectivity index (χ2v) is 5.50. The molecular weight excluding hydrogens is 271 g/mol. The summed E-state index contributed by atoms with van der Waals surface area (Å²) in [6, 6.07) is 3.63. The third-order valence-electron chi connectivity index (χ3n) is 2.18. The number of nitro benzene ring substituents is 2. The lowest BCUT2D eigenvalue weighted by Crippen LogP contribution is -2.01. The van der Waals surface area contributed by atoms with Gasteiger partial charge in [-0.2, -0.15) is 0 Å². The van der Waals surface area contributed by atoms with E-state index in [1.807, 2.05) is 0 Å². The van der Waals surface area contributed by atoms with Gasteiger partial charge < -0.3 is 0 Å². The molecule has 0 saturated carbocycles. The zero-order chi connectivity index (χ0) is 13.2. The van der Waals surface area contributed by atoms with Crippen molar-refractivity contribution in [3.05, 3.63) is 44.0 Å². The van der Waals surface area contributed by atoms with Crippen LogP contribution in [0.4, 0.5) is 11.4 Å². The molecule has 0 N–H and O–H groups in total. The fraction of sp³-hybridized carbons (Fsp3) is 0.250. The van der Waals surface area contributed by atoms with Crippen LogP contribution in [0.15, 0.2) is 18.2 Å². The number of rotatable bonds is 4. The molecule has 0 aliphatic carbocycles. The van der Waals surface area contributed by atoms with Gasteiger partial charge in [-0.1, -0.05) is 10.6 Å². The summed E-state index contributed by atoms with van der Waals surface area (Å²) in [4.78, 5) is 19.8. The summed E-state index contributed by atoms with van der Waals surface area (Å²) in [6.07, 6.45) is 0. The molecule has 90 valence electrons. The summed E-state index contributed by atoms with van der Waals surface area (Å²) < 4.78 is 11.1. The molecule has 0 fully saturated rings. The number of nitrogens with zero attached hydrogens (tertiary/aromatic N) is 2. The van der Waals surface area contributed by atoms with E-state index in [0.29, 0.717) is 0 Å². The van der Waals surface area contributed by atoms with Crippen LogP contribution in [-0.4, -0.2) is 9.85 Å². The van der Waals surface area contributed by atoms with Gasteiger partial charge in [0.1, 0.15) is 0 Å². The zero-order valence-electron chi connectivity index (χ0n) is 8.57. The summed E-state index contributed by atoms with van der Waals surface area (Å²) >= 11 is 5.39. The maximum atomic E-state index is 11.1. The maximum absolute atomic E-state index is 11.1. The van der Waals surface area contributed by atoms with Crippen LogP contribution in [0.1, 0.15) is 18.1 Å². The number of para-hydroxylation sites is 1. The van der Waals surface area contributed by atoms with Crippen LogP contribution in [0.5, 0.6) is 0 Å². The van der Waals surface area contributed by atoms with Crippen molar-refractivity contribution >= 4 is 29.8 Å². The van der Waals surface area contributed by atoms with Crippen molar-refractivity contribution in [2.75, 3.05) is 0 Å². The van der Waals surface area contributed by atoms with Gasteiger partial charge in [0.05, 0.1) is 15.4 Å². The Labute approximate surface area is 101 Å². The van der Waals surface area contributed by atoms with Gasteiger partial charge in [-0.25, -0.2) is 0 Å². The average Bonchev–Trinajstić information content (AvgIpc) is 2.26. The topological polar surface area (TPSA) is 103 Å². The Bertz CT molecular complexity index is 507. The quantitative estimate of drug-likeness (QED) is 0.475. The van der Waals surface area contributed by atoms with Crippen LogP contribution in [0.3, 0.4) is 0 Å². The van der Waals surface area contributed by atoms with E-state index < -0.39 is 34.0 Å². The molecule has 0 heterocycles. The molecule has 0 spiro atoms. The summed E-state index contributed by atoms with van der Waals surface area (Å²) in [5.74, 6) is 0. The number of benzene rings is 1. The Kier molecular flexibility index (Phi) is 4.09. The predicted molar refractivity (Wildman–Crippen MR) is 61.6 cm³/mol. The third-order valence-corrected chi connectivity index (χ3v) is 3.95. The van der Waals surface area contributed by atoms with E-state index in [2.05, 4.69) is 0 Å². The second kappa shape index (κ2) is 5.16. The van der Waals surface area contributed by atoms with Crippen molar-refractivity contribution in [2.45, 2.75) is 12.6 Å². The van der Waals surface area contributed by atoms with E-state index in [-0.39, 0.29) is 5.56 Å². The van der Waals surface area contributed by atoms with Crippen molar-refractivity contribution in [3.63, 3.8) is 0 Å². The van der Waals surface area contributed by atoms with Crippen LogP contribution in [-0.2, 0) is 4.57 Å². The molecule has 2 atom stereocenters. The van der Waals surface area contributed by atoms with Crippen molar-refractivity contribution < 1.29 is 14.4 Å². The molecule has 0 aliphatic heterocycles. The van der Waals surface area contributed by atoms with Crippen LogP contribution < -0.4 is 0 Å². The lowest BCUT2D eigenvalue weighted by Gasteiger charge is -2.01. The van der Waals surface area contributed by atoms with E-state index >= 15 is 0 Å². The Balaban J connectivity index is 3.50. The molecule has 0 aromatic heterocycles. The minimum atomic E-state index is -2.22. The third kappa shape index (κ3) is 2.75. The molecule has 0 amide bonds. The van der Waals surface area contributed by atoms with Crippen LogP contribution in [0.25, 0.3) is 0 Å². The van der Waals surface area contributed by atoms with Gasteiger partial charge in [-0.05, 0) is 13.0 Å². The first-order chi connectivity index (χ1) is 7.86. The van der Waals surface area contributed by atoms with Crippen molar-refractivity contribution in [1.82, 2.24) is 0 Å². The van der Waals surface area contributed by atoms with Crippen LogP contribution >= 0.6 is 18.4 Å². The zero-order valence-corrected chi connectivity index (χ0v) is 10.2. The van der Waals surface area contributed by atoms with Gasteiger partial charge in [0.2, 0.25) is 16.9 Å². The highest BCUT2D eigenvalue weighted by Gasteiger charge is 2.37. The Morgan fingerprint density at radius 1 is 1.29 bits per heavy atom. The minimum absolute atomic E-state index is 0.000288. The number of hydrogen-bond acceptors (Lipinski definition) is 5. The molecule has 7 nitrogen and oxygen atoms in total. The summed E-state index contributed by atoms with van der Waals surface area (Å²) in [6.45, 7) is 1.41. The monoisotopic (exact) mass is 277 g/mol. The summed E-state index contributed by atoms with van der Waals surface area (Å²) in [7, 11) is -2.22. The van der Waals surface area contributed by atoms with Crippen molar-refractivity contribution in [2.24, 2.45) is 0 Å². The van der Waals surface area contributed by atoms with Crippen LogP contribution in [0, 0.1) is 20.2 Å². The van der Waals surface area contributed by atoms with Gasteiger partial charge in [0, 0.05) is 6.07 Å². The highest BCUT2D eigenvalue weighted by Crippen LogP contribution is 2.48. The normalized spacial score (nSPS) is 12.9. The smallest absolute Gasteiger partial charge is 0.258 e. The van der Waals surface area contributed by atoms with Gasteiger partial charge in [-0.15, -0.1) is 0 Å². The van der Waals surface area contributed by atoms with E-state index in [9.17, 15) is 24.8 Å². The van der Waals surface area contributed by atoms with Gasteiger partial charge in [0.15, 0.2) is 0 Å². The Morgan fingerprint density at radius 2 is 1.88 bits per heavy atom. The van der Waals surface area contributed by atoms with Crippen molar-refractivity contribution in [3.8, 4) is 0 Å². The molecule has 1 aromatic rings. The Morgan fingerprint density at radius 3 is 2.29 bits per heavy atom. The SMILES string of the molecule is CC(c1cccc([N+](=O)[O-])c1[N+](=O)[O-])[P+](=O)Cl. The molecule has 9 heteroatoms. The lowest BCUT2D eigenvalue weighted by molar-refractivity contribution is -0.423. The van der Waals surface area contributed by atoms with E-state index in [0.717, 1.165) is 6.07 Å². The minimum Gasteiger partial charge on any atom is -0.258 e. The molecule has 0 radical (unpaired) electrons. The van der Waals surface area contributed by atoms with E-state index in [1.165, 1.54) is 19.1 Å². The molecule has 17 heavy (non-hydrogen) atoms. The number of nitro groups is 2. The molecule has 0 bridgehead atoms. The number of hydrogen-bond donors (Lipinski definition) is 0. The second-order valence-electron chi connectivity index (χ2n) is 3.18. The number of halogens is 1. The fourth-order valence-corrected chi connectivity index (χ4v) is 2.08. The fourth-order valence-electron chi connectivity index (χ4n) is 1.34. The van der Waals surface area contributed by atoms with Gasteiger partial charge >= 0.3 is 18.5 Å². The van der Waals surface area contributed by atoms with Crippen LogP contribution in [0.2, 0.25) is 0 Å². The molecule has 1 rings (SSSR count). The van der Waals surface area contributed by atoms with Gasteiger partial charge in [-0.3, -0.25) is 20.2 Å². The average molecular weight is 278 g/mol. The molecule has 1 aromatic carbocycles. The largest absolute Gasteiger partial charge is 0.462 e.